The van der Waals surface area contributed by atoms with Gasteiger partial charge in [0.05, 0.1) is 11.5 Å². The molecule has 11 heteroatoms. The minimum absolute atomic E-state index is 0.00967. The van der Waals surface area contributed by atoms with E-state index in [1.54, 1.807) is 0 Å². The smallest absolute Gasteiger partial charge is 0.309 e. The number of carbonyl (C=O) groups excluding carboxylic acids is 1. The summed E-state index contributed by atoms with van der Waals surface area (Å²) in [7, 11) is 0. The Balaban J connectivity index is 0.000000174. The molecule has 1 saturated carbocycles. The van der Waals surface area contributed by atoms with E-state index in [4.69, 9.17) is 21.9 Å². The second kappa shape index (κ2) is 16.5. The van der Waals surface area contributed by atoms with Gasteiger partial charge < -0.3 is 20.7 Å². The minimum atomic E-state index is -0.944. The number of halogens is 3. The highest BCUT2D eigenvalue weighted by atomic mass is 35.5. The molecule has 54 heavy (non-hydrogen) atoms. The van der Waals surface area contributed by atoms with Crippen LogP contribution in [-0.2, 0) is 24.1 Å². The van der Waals surface area contributed by atoms with Gasteiger partial charge in [-0.15, -0.1) is 0 Å². The number of nitrogens with two attached hydrogens (primary N) is 1. The number of likely N-dealkylation sites (tertiary alicyclic amines) is 1. The molecule has 0 bridgehead atoms. The first-order valence-corrected chi connectivity index (χ1v) is 19.0. The molecule has 1 amide bonds. The molecule has 5 aromatic rings. The van der Waals surface area contributed by atoms with E-state index in [-0.39, 0.29) is 17.0 Å². The summed E-state index contributed by atoms with van der Waals surface area (Å²) in [5.74, 6) is -3.81. The second-order valence-corrected chi connectivity index (χ2v) is 14.8. The van der Waals surface area contributed by atoms with E-state index < -0.39 is 35.5 Å². The van der Waals surface area contributed by atoms with Crippen LogP contribution in [0.4, 0.5) is 14.5 Å². The van der Waals surface area contributed by atoms with Gasteiger partial charge in [-0.3, -0.25) is 14.5 Å². The SMILES string of the molecule is Nc1c(CCc2ccccc2Cl)ccc2c1Cc1ccccc1-2.O=C(N[C@H]1CCN(C2CCCCC2)C[C@@H]1C(=O)O)c1cc(-c2ccc(F)cc2F)on1. The fourth-order valence-electron chi connectivity index (χ4n) is 8.09. The van der Waals surface area contributed by atoms with E-state index in [1.165, 1.54) is 64.8 Å². The molecule has 8 rings (SSSR count). The molecule has 4 aromatic carbocycles. The zero-order chi connectivity index (χ0) is 37.8. The largest absolute Gasteiger partial charge is 0.481 e. The van der Waals surface area contributed by atoms with Gasteiger partial charge in [-0.2, -0.15) is 0 Å². The van der Waals surface area contributed by atoms with Crippen molar-refractivity contribution in [2.24, 2.45) is 5.92 Å². The van der Waals surface area contributed by atoms with Gasteiger partial charge in [0.2, 0.25) is 0 Å². The first kappa shape index (κ1) is 37.3. The summed E-state index contributed by atoms with van der Waals surface area (Å²) in [6, 6.07) is 25.1. The molecule has 2 aliphatic carbocycles. The molecule has 2 atom stereocenters. The topological polar surface area (TPSA) is 122 Å². The van der Waals surface area contributed by atoms with Gasteiger partial charge in [-0.1, -0.05) is 90.6 Å². The van der Waals surface area contributed by atoms with Crippen LogP contribution < -0.4 is 11.1 Å². The third-order valence-electron chi connectivity index (χ3n) is 11.1. The number of nitrogens with zero attached hydrogens (tertiary/aromatic N) is 2. The normalized spacial score (nSPS) is 18.3. The number of fused-ring (bicyclic) bond motifs is 3. The number of hydrogen-bond acceptors (Lipinski definition) is 6. The molecule has 4 N–H and O–H groups in total. The molecule has 2 heterocycles. The number of aliphatic carboxylic acids is 1. The van der Waals surface area contributed by atoms with E-state index in [0.29, 0.717) is 19.0 Å². The number of nitrogen functional groups attached to an aromatic ring is 1. The summed E-state index contributed by atoms with van der Waals surface area (Å²) in [6.07, 6.45) is 9.04. The summed E-state index contributed by atoms with van der Waals surface area (Å²) in [5.41, 5.74) is 15.0. The number of carbonyl (C=O) groups is 2. The average molecular weight is 753 g/mol. The molecule has 280 valence electrons. The number of piperidine rings is 1. The Kier molecular flexibility index (Phi) is 11.4. The van der Waals surface area contributed by atoms with Crippen molar-refractivity contribution < 1.29 is 28.0 Å². The molecule has 0 radical (unpaired) electrons. The Hall–Kier alpha value is -5.06. The fraction of sp³-hybridized carbons (Fsp3) is 0.326. The van der Waals surface area contributed by atoms with Crippen molar-refractivity contribution in [2.45, 2.75) is 69.9 Å². The number of carboxylic acids is 1. The van der Waals surface area contributed by atoms with Crippen molar-refractivity contribution in [3.63, 3.8) is 0 Å². The van der Waals surface area contributed by atoms with Crippen LogP contribution in [0.3, 0.4) is 0 Å². The quantitative estimate of drug-likeness (QED) is 0.133. The first-order valence-electron chi connectivity index (χ1n) is 18.6. The molecule has 8 nitrogen and oxygen atoms in total. The molecular formula is C43H43ClF2N4O4. The Morgan fingerprint density at radius 1 is 0.889 bits per heavy atom. The van der Waals surface area contributed by atoms with E-state index in [9.17, 15) is 23.5 Å². The average Bonchev–Trinajstić information content (AvgIpc) is 3.82. The Bertz CT molecular complexity index is 2150. The van der Waals surface area contributed by atoms with Crippen LogP contribution in [-0.4, -0.2) is 52.2 Å². The zero-order valence-electron chi connectivity index (χ0n) is 29.9. The first-order chi connectivity index (χ1) is 26.2. The van der Waals surface area contributed by atoms with Gasteiger partial charge in [0.15, 0.2) is 11.5 Å². The Labute approximate surface area is 318 Å². The molecular weight excluding hydrogens is 710 g/mol. The van der Waals surface area contributed by atoms with Gasteiger partial charge in [0.25, 0.3) is 5.91 Å². The number of nitrogens with one attached hydrogen (secondary N) is 1. The number of hydrogen-bond donors (Lipinski definition) is 3. The van der Waals surface area contributed by atoms with Gasteiger partial charge in [-0.05, 0) is 83.7 Å². The van der Waals surface area contributed by atoms with Crippen molar-refractivity contribution >= 4 is 29.2 Å². The predicted octanol–water partition coefficient (Wildman–Crippen LogP) is 8.74. The molecule has 0 spiro atoms. The van der Waals surface area contributed by atoms with Gasteiger partial charge in [-0.25, -0.2) is 8.78 Å². The number of amides is 1. The van der Waals surface area contributed by atoms with Gasteiger partial charge >= 0.3 is 5.97 Å². The third kappa shape index (κ3) is 8.20. The van der Waals surface area contributed by atoms with Crippen LogP contribution in [0, 0.1) is 17.6 Å². The molecule has 3 aliphatic rings. The van der Waals surface area contributed by atoms with Crippen LogP contribution >= 0.6 is 11.6 Å². The highest BCUT2D eigenvalue weighted by molar-refractivity contribution is 6.31. The second-order valence-electron chi connectivity index (χ2n) is 14.4. The lowest BCUT2D eigenvalue weighted by Gasteiger charge is -2.42. The summed E-state index contributed by atoms with van der Waals surface area (Å²) in [6.45, 7) is 1.13. The number of aromatic nitrogens is 1. The lowest BCUT2D eigenvalue weighted by Crippen LogP contribution is -2.56. The van der Waals surface area contributed by atoms with Gasteiger partial charge in [0, 0.05) is 54.4 Å². The van der Waals surface area contributed by atoms with Crippen LogP contribution in [0.5, 0.6) is 0 Å². The molecule has 0 unspecified atom stereocenters. The van der Waals surface area contributed by atoms with Crippen LogP contribution in [0.25, 0.3) is 22.5 Å². The summed E-state index contributed by atoms with van der Waals surface area (Å²) in [5, 5.41) is 17.0. The van der Waals surface area contributed by atoms with Crippen LogP contribution in [0.1, 0.15) is 71.3 Å². The summed E-state index contributed by atoms with van der Waals surface area (Å²) >= 11 is 6.25. The maximum Gasteiger partial charge on any atom is 0.309 e. The lowest BCUT2D eigenvalue weighted by molar-refractivity contribution is -0.145. The van der Waals surface area contributed by atoms with E-state index >= 15 is 0 Å². The zero-order valence-corrected chi connectivity index (χ0v) is 30.6. The molecule has 1 aromatic heterocycles. The van der Waals surface area contributed by atoms with Crippen LogP contribution in [0.15, 0.2) is 89.5 Å². The van der Waals surface area contributed by atoms with Crippen molar-refractivity contribution in [2.75, 3.05) is 18.8 Å². The number of benzene rings is 4. The van der Waals surface area contributed by atoms with Crippen molar-refractivity contribution in [3.05, 3.63) is 130 Å². The summed E-state index contributed by atoms with van der Waals surface area (Å²) in [4.78, 5) is 26.8. The standard InChI is InChI=1S/C22H25F2N3O4.C21H18ClN/c23-13-6-7-15(17(24)10-13)20-11-19(26-31-20)21(28)25-18-8-9-27(12-16(18)22(29)30)14-4-2-1-3-5-14;22-20-8-4-2-5-14(20)9-10-15-11-12-18-17-7-3-1-6-16(17)13-19(18)21(15)23/h6-7,10-11,14,16,18H,1-5,8-9,12H2,(H,25,28)(H,29,30);1-8,11-12H,9-10,13,23H2/t16-,18-;/m0./s1. The summed E-state index contributed by atoms with van der Waals surface area (Å²) < 4.78 is 32.1. The van der Waals surface area contributed by atoms with Crippen molar-refractivity contribution in [1.29, 1.82) is 0 Å². The fourth-order valence-corrected chi connectivity index (χ4v) is 8.32. The van der Waals surface area contributed by atoms with Crippen LogP contribution in [0.2, 0.25) is 5.02 Å². The lowest BCUT2D eigenvalue weighted by atomic mass is 9.87. The van der Waals surface area contributed by atoms with Crippen molar-refractivity contribution in [3.8, 4) is 22.5 Å². The Morgan fingerprint density at radius 3 is 2.41 bits per heavy atom. The highest BCUT2D eigenvalue weighted by Gasteiger charge is 2.38. The molecule has 1 saturated heterocycles. The third-order valence-corrected chi connectivity index (χ3v) is 11.4. The van der Waals surface area contributed by atoms with E-state index in [1.807, 2.05) is 18.2 Å². The number of carboxylic acid groups (broad SMARTS) is 1. The number of aryl methyl sites for hydroxylation is 2. The van der Waals surface area contributed by atoms with Crippen molar-refractivity contribution in [1.82, 2.24) is 15.4 Å². The maximum absolute atomic E-state index is 14.0. The number of rotatable bonds is 8. The molecule has 1 aliphatic heterocycles. The maximum atomic E-state index is 14.0. The van der Waals surface area contributed by atoms with Gasteiger partial charge in [0.1, 0.15) is 11.6 Å². The minimum Gasteiger partial charge on any atom is -0.481 e. The Morgan fingerprint density at radius 2 is 1.63 bits per heavy atom. The predicted molar refractivity (Wildman–Crippen MR) is 205 cm³/mol. The highest BCUT2D eigenvalue weighted by Crippen LogP contribution is 2.41. The number of anilines is 1. The van der Waals surface area contributed by atoms with E-state index in [0.717, 1.165) is 61.5 Å². The van der Waals surface area contributed by atoms with E-state index in [2.05, 4.69) is 57.8 Å². The monoisotopic (exact) mass is 752 g/mol. The molecule has 2 fully saturated rings.